The Morgan fingerprint density at radius 2 is 1.78 bits per heavy atom. The number of rotatable bonds is 1. The van der Waals surface area contributed by atoms with E-state index in [4.69, 9.17) is 14.0 Å². The average molecular weight is 321 g/mol. The maximum Gasteiger partial charge on any atom is 0.492 e. The van der Waals surface area contributed by atoms with E-state index >= 15 is 0 Å². The molecule has 2 unspecified atom stereocenters. The molecule has 1 amide bonds. The van der Waals surface area contributed by atoms with Gasteiger partial charge in [0.15, 0.2) is 0 Å². The van der Waals surface area contributed by atoms with Gasteiger partial charge in [0, 0.05) is 0 Å². The number of carbonyl (C=O) groups is 1. The molecule has 2 fully saturated rings. The molecule has 2 atom stereocenters. The van der Waals surface area contributed by atoms with Gasteiger partial charge >= 0.3 is 13.2 Å². The Morgan fingerprint density at radius 1 is 1.22 bits per heavy atom. The summed E-state index contributed by atoms with van der Waals surface area (Å²) in [4.78, 5) is 14.4. The van der Waals surface area contributed by atoms with Crippen LogP contribution in [0.15, 0.2) is 11.5 Å². The fraction of sp³-hybridized carbons (Fsp3) is 0.824. The molecular weight excluding hydrogens is 293 g/mol. The molecule has 23 heavy (non-hydrogen) atoms. The zero-order valence-electron chi connectivity index (χ0n) is 15.3. The van der Waals surface area contributed by atoms with Crippen molar-refractivity contribution in [3.63, 3.8) is 0 Å². The SMILES string of the molecule is CC(C)(C)OC(=O)N1C2C=C(B3OC(C)(C)C(C)(C)O3)C1CC2. The Hall–Kier alpha value is -1.01. The normalized spacial score (nSPS) is 31.5. The van der Waals surface area contributed by atoms with Gasteiger partial charge in [-0.15, -0.1) is 0 Å². The van der Waals surface area contributed by atoms with Crippen LogP contribution >= 0.6 is 0 Å². The molecule has 0 N–H and O–H groups in total. The van der Waals surface area contributed by atoms with Crippen LogP contribution in [0.4, 0.5) is 4.79 Å². The van der Waals surface area contributed by atoms with Crippen molar-refractivity contribution in [2.24, 2.45) is 0 Å². The zero-order chi connectivity index (χ0) is 17.2. The lowest BCUT2D eigenvalue weighted by Gasteiger charge is -2.32. The van der Waals surface area contributed by atoms with Crippen molar-refractivity contribution in [1.29, 1.82) is 0 Å². The molecule has 0 aromatic heterocycles. The molecule has 3 rings (SSSR count). The van der Waals surface area contributed by atoms with E-state index < -0.39 is 5.60 Å². The van der Waals surface area contributed by atoms with Gasteiger partial charge in [0.1, 0.15) is 5.60 Å². The molecule has 0 aliphatic carbocycles. The minimum absolute atomic E-state index is 0.0320. The van der Waals surface area contributed by atoms with Gasteiger partial charge in [0.05, 0.1) is 23.3 Å². The van der Waals surface area contributed by atoms with Crippen molar-refractivity contribution in [2.45, 2.75) is 90.2 Å². The first-order valence-corrected chi connectivity index (χ1v) is 8.50. The van der Waals surface area contributed by atoms with Crippen LogP contribution in [-0.2, 0) is 14.0 Å². The number of carbonyl (C=O) groups excluding carboxylic acids is 1. The van der Waals surface area contributed by atoms with Crippen LogP contribution in [0, 0.1) is 0 Å². The lowest BCUT2D eigenvalue weighted by molar-refractivity contribution is 0.00578. The van der Waals surface area contributed by atoms with Crippen molar-refractivity contribution >= 4 is 13.2 Å². The smallest absolute Gasteiger partial charge is 0.444 e. The minimum atomic E-state index is -0.483. The highest BCUT2D eigenvalue weighted by atomic mass is 16.7. The predicted octanol–water partition coefficient (Wildman–Crippen LogP) is 3.33. The second kappa shape index (κ2) is 4.99. The number of amides is 1. The largest absolute Gasteiger partial charge is 0.492 e. The number of fused-ring (bicyclic) bond motifs is 2. The Labute approximate surface area is 139 Å². The van der Waals surface area contributed by atoms with Gasteiger partial charge in [-0.1, -0.05) is 6.08 Å². The fourth-order valence-corrected chi connectivity index (χ4v) is 3.45. The summed E-state index contributed by atoms with van der Waals surface area (Å²) in [5.74, 6) is 0. The van der Waals surface area contributed by atoms with E-state index in [0.717, 1.165) is 18.3 Å². The minimum Gasteiger partial charge on any atom is -0.444 e. The molecule has 3 aliphatic rings. The number of nitrogens with zero attached hydrogens (tertiary/aromatic N) is 1. The van der Waals surface area contributed by atoms with Gasteiger partial charge in [-0.2, -0.15) is 0 Å². The highest BCUT2D eigenvalue weighted by molar-refractivity contribution is 6.55. The van der Waals surface area contributed by atoms with Gasteiger partial charge < -0.3 is 14.0 Å². The van der Waals surface area contributed by atoms with Crippen LogP contribution in [0.2, 0.25) is 0 Å². The van der Waals surface area contributed by atoms with Crippen LogP contribution in [-0.4, -0.2) is 47.0 Å². The average Bonchev–Trinajstić information content (AvgIpc) is 2.97. The number of ether oxygens (including phenoxy) is 1. The van der Waals surface area contributed by atoms with Crippen molar-refractivity contribution in [1.82, 2.24) is 4.90 Å². The Bertz CT molecular complexity index is 533. The summed E-state index contributed by atoms with van der Waals surface area (Å²) in [6.45, 7) is 13.9. The van der Waals surface area contributed by atoms with Crippen LogP contribution in [0.25, 0.3) is 0 Å². The lowest BCUT2D eigenvalue weighted by Crippen LogP contribution is -2.42. The van der Waals surface area contributed by atoms with Crippen LogP contribution in [0.1, 0.15) is 61.3 Å². The summed E-state index contributed by atoms with van der Waals surface area (Å²) in [7, 11) is -0.375. The molecule has 128 valence electrons. The van der Waals surface area contributed by atoms with E-state index in [0.29, 0.717) is 0 Å². The summed E-state index contributed by atoms with van der Waals surface area (Å²) in [6.07, 6.45) is 3.82. The highest BCUT2D eigenvalue weighted by Gasteiger charge is 2.57. The van der Waals surface area contributed by atoms with Crippen molar-refractivity contribution in [2.75, 3.05) is 0 Å². The molecule has 6 heteroatoms. The molecular formula is C17H28BNO4. The van der Waals surface area contributed by atoms with Crippen molar-refractivity contribution in [3.8, 4) is 0 Å². The maximum atomic E-state index is 12.5. The first kappa shape index (κ1) is 16.8. The standard InChI is InChI=1S/C17H28BNO4/c1-15(2,3)21-14(20)19-11-8-9-13(19)12(10-11)18-22-16(4,5)17(6,7)23-18/h10-11,13H,8-9H2,1-7H3. The van der Waals surface area contributed by atoms with Gasteiger partial charge in [-0.3, -0.25) is 4.90 Å². The van der Waals surface area contributed by atoms with Gasteiger partial charge in [0.2, 0.25) is 0 Å². The number of hydrogen-bond acceptors (Lipinski definition) is 4. The van der Waals surface area contributed by atoms with Crippen LogP contribution in [0.3, 0.4) is 0 Å². The van der Waals surface area contributed by atoms with E-state index in [9.17, 15) is 4.79 Å². The Kier molecular flexibility index (Phi) is 3.66. The Balaban J connectivity index is 1.76. The molecule has 3 heterocycles. The van der Waals surface area contributed by atoms with Crippen LogP contribution in [0.5, 0.6) is 0 Å². The second-order valence-corrected chi connectivity index (χ2v) is 8.80. The highest BCUT2D eigenvalue weighted by Crippen LogP contribution is 2.45. The molecule has 0 saturated carbocycles. The fourth-order valence-electron chi connectivity index (χ4n) is 3.45. The molecule has 0 spiro atoms. The zero-order valence-corrected chi connectivity index (χ0v) is 15.3. The summed E-state index contributed by atoms with van der Waals surface area (Å²) >= 11 is 0. The first-order chi connectivity index (χ1) is 10.4. The number of hydrogen-bond donors (Lipinski definition) is 0. The molecule has 2 bridgehead atoms. The third-order valence-corrected chi connectivity index (χ3v) is 5.33. The summed E-state index contributed by atoms with van der Waals surface area (Å²) in [5.41, 5.74) is -0.136. The van der Waals surface area contributed by atoms with Gasteiger partial charge in [-0.05, 0) is 66.8 Å². The monoisotopic (exact) mass is 321 g/mol. The topological polar surface area (TPSA) is 48.0 Å². The third kappa shape index (κ3) is 2.80. The molecule has 0 aromatic rings. The van der Waals surface area contributed by atoms with E-state index in [1.54, 1.807) is 0 Å². The molecule has 5 nitrogen and oxygen atoms in total. The van der Waals surface area contributed by atoms with Crippen molar-refractivity contribution < 1.29 is 18.8 Å². The first-order valence-electron chi connectivity index (χ1n) is 8.50. The van der Waals surface area contributed by atoms with E-state index in [1.807, 2.05) is 53.4 Å². The molecule has 0 aromatic carbocycles. The second-order valence-electron chi connectivity index (χ2n) is 8.80. The summed E-state index contributed by atoms with van der Waals surface area (Å²) in [5, 5.41) is 0. The van der Waals surface area contributed by atoms with E-state index in [2.05, 4.69) is 6.08 Å². The summed E-state index contributed by atoms with van der Waals surface area (Å²) < 4.78 is 17.9. The van der Waals surface area contributed by atoms with Gasteiger partial charge in [0.25, 0.3) is 0 Å². The quantitative estimate of drug-likeness (QED) is 0.695. The van der Waals surface area contributed by atoms with E-state index in [1.165, 1.54) is 0 Å². The predicted molar refractivity (Wildman–Crippen MR) is 89.0 cm³/mol. The molecule has 0 radical (unpaired) electrons. The lowest BCUT2D eigenvalue weighted by atomic mass is 9.72. The van der Waals surface area contributed by atoms with Crippen LogP contribution < -0.4 is 0 Å². The third-order valence-electron chi connectivity index (χ3n) is 5.33. The summed E-state index contributed by atoms with van der Waals surface area (Å²) in [6, 6.07) is 0.133. The Morgan fingerprint density at radius 3 is 2.30 bits per heavy atom. The molecule has 3 aliphatic heterocycles. The van der Waals surface area contributed by atoms with Crippen molar-refractivity contribution in [3.05, 3.63) is 11.5 Å². The maximum absolute atomic E-state index is 12.5. The van der Waals surface area contributed by atoms with Gasteiger partial charge in [-0.25, -0.2) is 4.79 Å². The molecule has 2 saturated heterocycles. The van der Waals surface area contributed by atoms with E-state index in [-0.39, 0.29) is 36.5 Å².